The van der Waals surface area contributed by atoms with Crippen LogP contribution in [0.5, 0.6) is 11.5 Å². The Balaban J connectivity index is 1.56. The van der Waals surface area contributed by atoms with E-state index in [0.29, 0.717) is 0 Å². The average Bonchev–Trinajstić information content (AvgIpc) is 3.05. The molecule has 122 valence electrons. The molecule has 24 heavy (non-hydrogen) atoms. The van der Waals surface area contributed by atoms with Gasteiger partial charge in [-0.05, 0) is 36.4 Å². The molecular formula is C18H17N3O2S. The number of aromatic nitrogens is 1. The SMILES string of the molecule is CNc1nc(CC(=O)Nc2ccc(Oc3ccccc3)cc2)cs1. The molecule has 0 atom stereocenters. The highest BCUT2D eigenvalue weighted by Gasteiger charge is 2.08. The molecule has 1 amide bonds. The number of ether oxygens (including phenoxy) is 1. The molecule has 0 unspecified atom stereocenters. The molecule has 1 aromatic heterocycles. The second-order valence-corrected chi connectivity index (χ2v) is 5.92. The van der Waals surface area contributed by atoms with Crippen LogP contribution >= 0.6 is 11.3 Å². The molecule has 0 aliphatic heterocycles. The van der Waals surface area contributed by atoms with Crippen LogP contribution in [0, 0.1) is 0 Å². The minimum atomic E-state index is -0.0975. The van der Waals surface area contributed by atoms with Crippen LogP contribution in [0.2, 0.25) is 0 Å². The van der Waals surface area contributed by atoms with Crippen LogP contribution in [0.4, 0.5) is 10.8 Å². The van der Waals surface area contributed by atoms with Crippen molar-refractivity contribution >= 4 is 28.1 Å². The Morgan fingerprint density at radius 1 is 1.08 bits per heavy atom. The summed E-state index contributed by atoms with van der Waals surface area (Å²) in [5.41, 5.74) is 1.48. The number of hydrogen-bond donors (Lipinski definition) is 2. The van der Waals surface area contributed by atoms with E-state index in [1.54, 1.807) is 0 Å². The minimum Gasteiger partial charge on any atom is -0.457 e. The Bertz CT molecular complexity index is 801. The van der Waals surface area contributed by atoms with Gasteiger partial charge in [0, 0.05) is 18.1 Å². The van der Waals surface area contributed by atoms with Crippen LogP contribution in [0.15, 0.2) is 60.0 Å². The minimum absolute atomic E-state index is 0.0975. The lowest BCUT2D eigenvalue weighted by molar-refractivity contribution is -0.115. The van der Waals surface area contributed by atoms with Gasteiger partial charge in [0.1, 0.15) is 11.5 Å². The molecule has 0 fully saturated rings. The molecule has 0 saturated carbocycles. The van der Waals surface area contributed by atoms with Gasteiger partial charge in [0.15, 0.2) is 5.13 Å². The van der Waals surface area contributed by atoms with Gasteiger partial charge in [-0.15, -0.1) is 11.3 Å². The van der Waals surface area contributed by atoms with Gasteiger partial charge in [-0.25, -0.2) is 4.98 Å². The standard InChI is InChI=1S/C18H17N3O2S/c1-19-18-21-14(12-24-18)11-17(22)20-13-7-9-16(10-8-13)23-15-5-3-2-4-6-15/h2-10,12H,11H2,1H3,(H,19,21)(H,20,22). The quantitative estimate of drug-likeness (QED) is 0.708. The van der Waals surface area contributed by atoms with E-state index in [9.17, 15) is 4.79 Å². The molecule has 5 nitrogen and oxygen atoms in total. The zero-order valence-corrected chi connectivity index (χ0v) is 14.0. The first-order valence-corrected chi connectivity index (χ1v) is 8.36. The van der Waals surface area contributed by atoms with Crippen LogP contribution in [-0.4, -0.2) is 17.9 Å². The molecule has 0 aliphatic carbocycles. The van der Waals surface area contributed by atoms with Crippen molar-refractivity contribution in [1.29, 1.82) is 0 Å². The summed E-state index contributed by atoms with van der Waals surface area (Å²) >= 11 is 1.48. The van der Waals surface area contributed by atoms with Crippen molar-refractivity contribution in [3.05, 3.63) is 65.7 Å². The highest BCUT2D eigenvalue weighted by Crippen LogP contribution is 2.22. The van der Waals surface area contributed by atoms with Crippen LogP contribution in [-0.2, 0) is 11.2 Å². The second-order valence-electron chi connectivity index (χ2n) is 5.06. The van der Waals surface area contributed by atoms with Crippen LogP contribution < -0.4 is 15.4 Å². The third-order valence-corrected chi connectivity index (χ3v) is 4.13. The van der Waals surface area contributed by atoms with Gasteiger partial charge in [-0.1, -0.05) is 18.2 Å². The first-order chi connectivity index (χ1) is 11.7. The maximum Gasteiger partial charge on any atom is 0.230 e. The third-order valence-electron chi connectivity index (χ3n) is 3.22. The molecule has 3 aromatic rings. The number of amides is 1. The molecule has 0 spiro atoms. The summed E-state index contributed by atoms with van der Waals surface area (Å²) in [5, 5.41) is 8.50. The van der Waals surface area contributed by atoms with E-state index in [1.165, 1.54) is 11.3 Å². The molecular weight excluding hydrogens is 322 g/mol. The van der Waals surface area contributed by atoms with Gasteiger partial charge in [0.2, 0.25) is 5.91 Å². The molecule has 1 heterocycles. The van der Waals surface area contributed by atoms with Crippen molar-refractivity contribution in [2.75, 3.05) is 17.7 Å². The summed E-state index contributed by atoms with van der Waals surface area (Å²) < 4.78 is 5.72. The fourth-order valence-corrected chi connectivity index (χ4v) is 2.78. The number of thiazole rings is 1. The highest BCUT2D eigenvalue weighted by molar-refractivity contribution is 7.13. The number of hydrogen-bond acceptors (Lipinski definition) is 5. The Kier molecular flexibility index (Phi) is 5.08. The van der Waals surface area contributed by atoms with Gasteiger partial charge < -0.3 is 15.4 Å². The molecule has 0 saturated heterocycles. The van der Waals surface area contributed by atoms with E-state index >= 15 is 0 Å². The van der Waals surface area contributed by atoms with E-state index in [4.69, 9.17) is 4.74 Å². The topological polar surface area (TPSA) is 63.2 Å². The summed E-state index contributed by atoms with van der Waals surface area (Å²) in [6.45, 7) is 0. The lowest BCUT2D eigenvalue weighted by Gasteiger charge is -2.07. The van der Waals surface area contributed by atoms with Crippen molar-refractivity contribution in [2.45, 2.75) is 6.42 Å². The third kappa shape index (κ3) is 4.33. The molecule has 2 aromatic carbocycles. The van der Waals surface area contributed by atoms with E-state index in [2.05, 4.69) is 15.6 Å². The number of nitrogens with zero attached hydrogens (tertiary/aromatic N) is 1. The summed E-state index contributed by atoms with van der Waals surface area (Å²) in [5.74, 6) is 1.40. The molecule has 0 aliphatic rings. The summed E-state index contributed by atoms with van der Waals surface area (Å²) in [6.07, 6.45) is 0.250. The Morgan fingerprint density at radius 3 is 2.46 bits per heavy atom. The van der Waals surface area contributed by atoms with Crippen molar-refractivity contribution < 1.29 is 9.53 Å². The Morgan fingerprint density at radius 2 is 1.79 bits per heavy atom. The number of carbonyl (C=O) groups excluding carboxylic acids is 1. The number of carbonyl (C=O) groups is 1. The van der Waals surface area contributed by atoms with Crippen LogP contribution in [0.3, 0.4) is 0 Å². The number of rotatable bonds is 6. The van der Waals surface area contributed by atoms with Gasteiger partial charge in [0.05, 0.1) is 12.1 Å². The number of nitrogens with one attached hydrogen (secondary N) is 2. The Labute approximate surface area is 144 Å². The lowest BCUT2D eigenvalue weighted by Crippen LogP contribution is -2.14. The van der Waals surface area contributed by atoms with Gasteiger partial charge in [-0.2, -0.15) is 0 Å². The number of para-hydroxylation sites is 1. The normalized spacial score (nSPS) is 10.2. The number of benzene rings is 2. The van der Waals surface area contributed by atoms with Gasteiger partial charge in [0.25, 0.3) is 0 Å². The fourth-order valence-electron chi connectivity index (χ4n) is 2.10. The van der Waals surface area contributed by atoms with Gasteiger partial charge >= 0.3 is 0 Å². The first-order valence-electron chi connectivity index (χ1n) is 7.48. The zero-order chi connectivity index (χ0) is 16.8. The van der Waals surface area contributed by atoms with E-state index in [1.807, 2.05) is 67.0 Å². The second kappa shape index (κ2) is 7.61. The van der Waals surface area contributed by atoms with Crippen molar-refractivity contribution in [3.63, 3.8) is 0 Å². The fraction of sp³-hybridized carbons (Fsp3) is 0.111. The maximum atomic E-state index is 12.1. The predicted molar refractivity (Wildman–Crippen MR) is 97.0 cm³/mol. The summed E-state index contributed by atoms with van der Waals surface area (Å²) in [4.78, 5) is 16.4. The van der Waals surface area contributed by atoms with Crippen molar-refractivity contribution in [1.82, 2.24) is 4.98 Å². The largest absolute Gasteiger partial charge is 0.457 e. The summed E-state index contributed by atoms with van der Waals surface area (Å²) in [6, 6.07) is 16.8. The first kappa shape index (κ1) is 16.0. The van der Waals surface area contributed by atoms with E-state index < -0.39 is 0 Å². The zero-order valence-electron chi connectivity index (χ0n) is 13.2. The molecule has 3 rings (SSSR count). The number of anilines is 2. The van der Waals surface area contributed by atoms with E-state index in [-0.39, 0.29) is 12.3 Å². The highest BCUT2D eigenvalue weighted by atomic mass is 32.1. The lowest BCUT2D eigenvalue weighted by atomic mass is 10.2. The summed E-state index contributed by atoms with van der Waals surface area (Å²) in [7, 11) is 1.81. The molecule has 6 heteroatoms. The van der Waals surface area contributed by atoms with Crippen molar-refractivity contribution in [3.8, 4) is 11.5 Å². The average molecular weight is 339 g/mol. The predicted octanol–water partition coefficient (Wildman–Crippen LogP) is 4.16. The maximum absolute atomic E-state index is 12.1. The van der Waals surface area contributed by atoms with Crippen molar-refractivity contribution in [2.24, 2.45) is 0 Å². The molecule has 0 bridgehead atoms. The molecule has 0 radical (unpaired) electrons. The van der Waals surface area contributed by atoms with Crippen LogP contribution in [0.25, 0.3) is 0 Å². The smallest absolute Gasteiger partial charge is 0.230 e. The van der Waals surface area contributed by atoms with Gasteiger partial charge in [-0.3, -0.25) is 4.79 Å². The van der Waals surface area contributed by atoms with Crippen LogP contribution in [0.1, 0.15) is 5.69 Å². The monoisotopic (exact) mass is 339 g/mol. The molecule has 2 N–H and O–H groups in total. The van der Waals surface area contributed by atoms with E-state index in [0.717, 1.165) is 28.0 Å². The Hall–Kier alpha value is -2.86.